The zero-order chi connectivity index (χ0) is 12.5. The summed E-state index contributed by atoms with van der Waals surface area (Å²) >= 11 is 1.60. The van der Waals surface area contributed by atoms with E-state index in [1.165, 1.54) is 24.2 Å². The lowest BCUT2D eigenvalue weighted by Gasteiger charge is -2.41. The molecule has 3 aliphatic rings. The van der Waals surface area contributed by atoms with Crippen LogP contribution >= 0.6 is 11.8 Å². The molecule has 0 amide bonds. The number of pyridine rings is 1. The molecule has 4 heteroatoms. The van der Waals surface area contributed by atoms with Gasteiger partial charge in [-0.05, 0) is 18.9 Å². The average molecular weight is 257 g/mol. The maximum atomic E-state index is 9.24. The molecular weight excluding hydrogens is 242 g/mol. The Kier molecular flexibility index (Phi) is 3.00. The fourth-order valence-electron chi connectivity index (χ4n) is 2.77. The average Bonchev–Trinajstić information content (AvgIpc) is 2.45. The lowest BCUT2D eigenvalue weighted by Crippen LogP contribution is -2.39. The molecule has 0 aromatic carbocycles. The number of hydrogen-bond acceptors (Lipinski definition) is 4. The van der Waals surface area contributed by atoms with Gasteiger partial charge < -0.3 is 4.90 Å². The maximum absolute atomic E-state index is 9.24. The Morgan fingerprint density at radius 3 is 3.00 bits per heavy atom. The summed E-state index contributed by atoms with van der Waals surface area (Å²) < 4.78 is 0. The van der Waals surface area contributed by atoms with E-state index in [9.17, 15) is 5.26 Å². The van der Waals surface area contributed by atoms with Crippen molar-refractivity contribution < 1.29 is 0 Å². The highest BCUT2D eigenvalue weighted by Crippen LogP contribution is 2.42. The summed E-state index contributed by atoms with van der Waals surface area (Å²) in [5.74, 6) is 1.40. The van der Waals surface area contributed by atoms with Crippen molar-refractivity contribution in [3.63, 3.8) is 0 Å². The molecule has 2 bridgehead atoms. The van der Waals surface area contributed by atoms with Crippen LogP contribution in [0.4, 0.5) is 5.69 Å². The first-order valence-corrected chi connectivity index (χ1v) is 7.25. The van der Waals surface area contributed by atoms with Crippen molar-refractivity contribution in [3.8, 4) is 6.07 Å². The van der Waals surface area contributed by atoms with Gasteiger partial charge in [-0.1, -0.05) is 6.08 Å². The molecule has 0 atom stereocenters. The third-order valence-corrected chi connectivity index (χ3v) is 4.66. The summed E-state index contributed by atoms with van der Waals surface area (Å²) in [4.78, 5) is 7.12. The number of aromatic nitrogens is 1. The molecule has 0 N–H and O–H groups in total. The normalized spacial score (nSPS) is 17.4. The zero-order valence-corrected chi connectivity index (χ0v) is 11.0. The Bertz CT molecular complexity index is 525. The molecule has 4 rings (SSSR count). The number of rotatable bonds is 3. The maximum Gasteiger partial charge on any atom is 0.115 e. The lowest BCUT2D eigenvalue weighted by atomic mass is 9.86. The van der Waals surface area contributed by atoms with Crippen molar-refractivity contribution in [2.75, 3.05) is 23.7 Å². The van der Waals surface area contributed by atoms with Crippen molar-refractivity contribution in [3.05, 3.63) is 30.0 Å². The van der Waals surface area contributed by atoms with Gasteiger partial charge in [0, 0.05) is 24.8 Å². The fourth-order valence-corrected chi connectivity index (χ4v) is 3.47. The molecular formula is C14H15N3S. The molecule has 0 unspecified atom stereocenters. The van der Waals surface area contributed by atoms with E-state index >= 15 is 0 Å². The number of piperidine rings is 1. The molecule has 18 heavy (non-hydrogen) atoms. The highest BCUT2D eigenvalue weighted by molar-refractivity contribution is 7.99. The first-order valence-electron chi connectivity index (χ1n) is 6.27. The van der Waals surface area contributed by atoms with Crippen LogP contribution in [0.1, 0.15) is 30.0 Å². The highest BCUT2D eigenvalue weighted by Gasteiger charge is 2.32. The third-order valence-electron chi connectivity index (χ3n) is 3.68. The molecule has 1 aromatic rings. The third kappa shape index (κ3) is 1.79. The van der Waals surface area contributed by atoms with Gasteiger partial charge in [-0.3, -0.25) is 0 Å². The van der Waals surface area contributed by atoms with E-state index in [0.29, 0.717) is 11.5 Å². The standard InChI is InChI=1S/C14H15N3S/c1-2-7-18-14-11(9-15)8-12-13(16-14)10-3-5-17(12)6-4-10/h2,8,10H,1,3-7H2. The second kappa shape index (κ2) is 4.66. The van der Waals surface area contributed by atoms with Gasteiger partial charge in [0.25, 0.3) is 0 Å². The van der Waals surface area contributed by atoms with Gasteiger partial charge in [-0.25, -0.2) is 4.98 Å². The summed E-state index contributed by atoms with van der Waals surface area (Å²) in [7, 11) is 0. The number of fused-ring (bicyclic) bond motifs is 2. The lowest BCUT2D eigenvalue weighted by molar-refractivity contribution is 0.461. The Morgan fingerprint density at radius 1 is 1.56 bits per heavy atom. The zero-order valence-electron chi connectivity index (χ0n) is 10.2. The monoisotopic (exact) mass is 257 g/mol. The van der Waals surface area contributed by atoms with Crippen molar-refractivity contribution in [1.29, 1.82) is 5.26 Å². The first kappa shape index (κ1) is 11.6. The van der Waals surface area contributed by atoms with Crippen molar-refractivity contribution in [1.82, 2.24) is 4.98 Å². The van der Waals surface area contributed by atoms with Gasteiger partial charge in [0.1, 0.15) is 11.1 Å². The number of thioether (sulfide) groups is 1. The SMILES string of the molecule is C=CCSc1nc2c(cc1C#N)N1CCC2CC1. The topological polar surface area (TPSA) is 39.9 Å². The molecule has 0 radical (unpaired) electrons. The fraction of sp³-hybridized carbons (Fsp3) is 0.429. The van der Waals surface area contributed by atoms with E-state index in [1.807, 2.05) is 12.1 Å². The summed E-state index contributed by atoms with van der Waals surface area (Å²) in [6.07, 6.45) is 4.26. The van der Waals surface area contributed by atoms with Crippen LogP contribution in [0.2, 0.25) is 0 Å². The molecule has 4 heterocycles. The minimum atomic E-state index is 0.598. The molecule has 1 saturated heterocycles. The second-order valence-electron chi connectivity index (χ2n) is 4.72. The second-order valence-corrected chi connectivity index (χ2v) is 5.73. The highest BCUT2D eigenvalue weighted by atomic mass is 32.2. The molecule has 1 aromatic heterocycles. The van der Waals surface area contributed by atoms with Gasteiger partial charge >= 0.3 is 0 Å². The molecule has 3 nitrogen and oxygen atoms in total. The van der Waals surface area contributed by atoms with Crippen LogP contribution in [0, 0.1) is 11.3 Å². The van der Waals surface area contributed by atoms with E-state index in [-0.39, 0.29) is 0 Å². The van der Waals surface area contributed by atoms with Crippen LogP contribution in [0.25, 0.3) is 0 Å². The predicted octanol–water partition coefficient (Wildman–Crippen LogP) is 2.93. The minimum Gasteiger partial charge on any atom is -0.370 e. The Hall–Kier alpha value is -1.47. The number of hydrogen-bond donors (Lipinski definition) is 0. The number of anilines is 1. The van der Waals surface area contributed by atoms with Gasteiger partial charge in [0.05, 0.1) is 16.9 Å². The van der Waals surface area contributed by atoms with Crippen LogP contribution in [0.5, 0.6) is 0 Å². The smallest absolute Gasteiger partial charge is 0.115 e. The van der Waals surface area contributed by atoms with Crippen LogP contribution < -0.4 is 4.90 Å². The summed E-state index contributed by atoms with van der Waals surface area (Å²) in [5.41, 5.74) is 3.10. The Balaban J connectivity index is 2.05. The van der Waals surface area contributed by atoms with Crippen LogP contribution in [0.15, 0.2) is 23.7 Å². The van der Waals surface area contributed by atoms with Crippen LogP contribution in [-0.2, 0) is 0 Å². The molecule has 1 fully saturated rings. The predicted molar refractivity (Wildman–Crippen MR) is 74.1 cm³/mol. The Morgan fingerprint density at radius 2 is 2.33 bits per heavy atom. The minimum absolute atomic E-state index is 0.598. The van der Waals surface area contributed by atoms with E-state index in [2.05, 4.69) is 17.5 Å². The number of nitrogens with zero attached hydrogens (tertiary/aromatic N) is 3. The van der Waals surface area contributed by atoms with E-state index in [4.69, 9.17) is 4.98 Å². The summed E-state index contributed by atoms with van der Waals surface area (Å²) in [6, 6.07) is 4.30. The molecule has 0 aliphatic carbocycles. The number of nitriles is 1. The molecule has 3 aliphatic heterocycles. The van der Waals surface area contributed by atoms with Crippen molar-refractivity contribution >= 4 is 17.4 Å². The van der Waals surface area contributed by atoms with Gasteiger partial charge in [0.15, 0.2) is 0 Å². The summed E-state index contributed by atoms with van der Waals surface area (Å²) in [5, 5.41) is 10.1. The van der Waals surface area contributed by atoms with E-state index < -0.39 is 0 Å². The van der Waals surface area contributed by atoms with E-state index in [1.54, 1.807) is 11.8 Å². The largest absolute Gasteiger partial charge is 0.370 e. The van der Waals surface area contributed by atoms with Crippen LogP contribution in [-0.4, -0.2) is 23.8 Å². The summed E-state index contributed by atoms with van der Waals surface area (Å²) in [6.45, 7) is 5.95. The molecule has 92 valence electrons. The Labute approximate surface area is 112 Å². The van der Waals surface area contributed by atoms with Gasteiger partial charge in [-0.2, -0.15) is 5.26 Å². The first-order chi connectivity index (χ1) is 8.83. The molecule has 0 saturated carbocycles. The van der Waals surface area contributed by atoms with Crippen LogP contribution in [0.3, 0.4) is 0 Å². The van der Waals surface area contributed by atoms with E-state index in [0.717, 1.165) is 23.9 Å². The van der Waals surface area contributed by atoms with Gasteiger partial charge in [0.2, 0.25) is 0 Å². The molecule has 0 spiro atoms. The quantitative estimate of drug-likeness (QED) is 0.616. The van der Waals surface area contributed by atoms with Crippen molar-refractivity contribution in [2.45, 2.75) is 23.8 Å². The van der Waals surface area contributed by atoms with Crippen molar-refractivity contribution in [2.24, 2.45) is 0 Å². The van der Waals surface area contributed by atoms with Gasteiger partial charge in [-0.15, -0.1) is 18.3 Å².